The molecule has 0 N–H and O–H groups in total. The number of fused-ring (bicyclic) bond motifs is 1. The number of carbonyl (C=O) groups is 1. The van der Waals surface area contributed by atoms with Crippen LogP contribution in [0.25, 0.3) is 16.6 Å². The Bertz CT molecular complexity index is 1520. The van der Waals surface area contributed by atoms with Crippen LogP contribution in [0.2, 0.25) is 0 Å². The van der Waals surface area contributed by atoms with Gasteiger partial charge in [0.15, 0.2) is 5.75 Å². The molecule has 1 saturated heterocycles. The average molecular weight is 555 g/mol. The van der Waals surface area contributed by atoms with Crippen molar-refractivity contribution in [3.05, 3.63) is 35.9 Å². The van der Waals surface area contributed by atoms with Crippen LogP contribution in [0.5, 0.6) is 5.75 Å². The van der Waals surface area contributed by atoms with Crippen LogP contribution in [0.1, 0.15) is 50.9 Å². The van der Waals surface area contributed by atoms with Crippen LogP contribution in [-0.4, -0.2) is 63.0 Å². The quantitative estimate of drug-likeness (QED) is 0.347. The SMILES string of the molecule is Cc1c(-c2cc(OS(=O)(=O)C(F)(F)F)c3c(C#N)cnn3c2)cnn1C1CCN(C(=O)OC(C)(C)C)CC1. The Balaban J connectivity index is 1.64. The highest BCUT2D eigenvalue weighted by molar-refractivity contribution is 7.88. The molecule has 38 heavy (non-hydrogen) atoms. The second kappa shape index (κ2) is 9.50. The summed E-state index contributed by atoms with van der Waals surface area (Å²) < 4.78 is 75.3. The van der Waals surface area contributed by atoms with Gasteiger partial charge in [-0.15, -0.1) is 0 Å². The van der Waals surface area contributed by atoms with E-state index >= 15 is 0 Å². The summed E-state index contributed by atoms with van der Waals surface area (Å²) >= 11 is 0. The molecule has 0 saturated carbocycles. The predicted molar refractivity (Wildman–Crippen MR) is 128 cm³/mol. The number of carbonyl (C=O) groups excluding carboxylic acids is 1. The molecule has 0 radical (unpaired) electrons. The summed E-state index contributed by atoms with van der Waals surface area (Å²) in [6.07, 6.45) is 4.86. The van der Waals surface area contributed by atoms with E-state index in [2.05, 4.69) is 14.4 Å². The van der Waals surface area contributed by atoms with Crippen molar-refractivity contribution in [2.75, 3.05) is 13.1 Å². The topological polar surface area (TPSA) is 132 Å². The lowest BCUT2D eigenvalue weighted by molar-refractivity contribution is -0.0499. The monoisotopic (exact) mass is 554 g/mol. The molecule has 11 nitrogen and oxygen atoms in total. The number of likely N-dealkylation sites (tertiary alicyclic amines) is 1. The number of halogens is 3. The Morgan fingerprint density at radius 1 is 1.16 bits per heavy atom. The fourth-order valence-corrected chi connectivity index (χ4v) is 4.69. The Labute approximate surface area is 216 Å². The summed E-state index contributed by atoms with van der Waals surface area (Å²) in [5.74, 6) is -0.688. The van der Waals surface area contributed by atoms with E-state index in [1.54, 1.807) is 43.3 Å². The van der Waals surface area contributed by atoms with E-state index in [1.807, 2.05) is 0 Å². The average Bonchev–Trinajstić information content (AvgIpc) is 3.40. The van der Waals surface area contributed by atoms with Crippen LogP contribution in [0.4, 0.5) is 18.0 Å². The maximum absolute atomic E-state index is 13.0. The number of hydrogen-bond donors (Lipinski definition) is 0. The van der Waals surface area contributed by atoms with Crippen molar-refractivity contribution in [3.8, 4) is 22.9 Å². The number of piperidine rings is 1. The summed E-state index contributed by atoms with van der Waals surface area (Å²) in [4.78, 5) is 14.0. The fraction of sp³-hybridized carbons (Fsp3) is 0.478. The Morgan fingerprint density at radius 2 is 1.82 bits per heavy atom. The van der Waals surface area contributed by atoms with Crippen molar-refractivity contribution in [2.45, 2.75) is 57.7 Å². The number of alkyl halides is 3. The third kappa shape index (κ3) is 5.26. The summed E-state index contributed by atoms with van der Waals surface area (Å²) in [6.45, 7) is 8.06. The number of amides is 1. The first kappa shape index (κ1) is 27.2. The first-order valence-electron chi connectivity index (χ1n) is 11.6. The lowest BCUT2D eigenvalue weighted by Crippen LogP contribution is -2.42. The highest BCUT2D eigenvalue weighted by atomic mass is 32.2. The first-order valence-corrected chi connectivity index (χ1v) is 13.0. The van der Waals surface area contributed by atoms with Gasteiger partial charge >= 0.3 is 21.7 Å². The van der Waals surface area contributed by atoms with Crippen LogP contribution in [0, 0.1) is 18.3 Å². The number of ether oxygens (including phenoxy) is 1. The fourth-order valence-electron chi connectivity index (χ4n) is 4.24. The lowest BCUT2D eigenvalue weighted by atomic mass is 10.0. The third-order valence-electron chi connectivity index (χ3n) is 6.00. The standard InChI is InChI=1S/C23H25F3N6O5S/c1-14-18(12-29-32(14)17-5-7-30(8-6-17)21(33)36-22(2,3)4)15-9-19(37-38(34,35)23(24,25)26)20-16(10-27)11-28-31(20)13-15/h9,11-13,17H,5-8H2,1-4H3. The summed E-state index contributed by atoms with van der Waals surface area (Å²) in [7, 11) is -6.00. The van der Waals surface area contributed by atoms with Gasteiger partial charge in [0.05, 0.1) is 18.4 Å². The number of hydrogen-bond acceptors (Lipinski definition) is 8. The Morgan fingerprint density at radius 3 is 2.39 bits per heavy atom. The number of nitrogens with zero attached hydrogens (tertiary/aromatic N) is 6. The van der Waals surface area contributed by atoms with Gasteiger partial charge in [0.25, 0.3) is 0 Å². The predicted octanol–water partition coefficient (Wildman–Crippen LogP) is 4.18. The van der Waals surface area contributed by atoms with Gasteiger partial charge in [0, 0.05) is 36.1 Å². The van der Waals surface area contributed by atoms with Crippen LogP contribution < -0.4 is 4.18 Å². The Kier molecular flexibility index (Phi) is 6.81. The van der Waals surface area contributed by atoms with E-state index in [0.717, 1.165) is 16.8 Å². The molecule has 0 unspecified atom stereocenters. The summed E-state index contributed by atoms with van der Waals surface area (Å²) in [6, 6.07) is 2.82. The molecule has 1 amide bonds. The van der Waals surface area contributed by atoms with Crippen molar-refractivity contribution in [1.29, 1.82) is 5.26 Å². The van der Waals surface area contributed by atoms with Crippen LogP contribution in [0.3, 0.4) is 0 Å². The third-order valence-corrected chi connectivity index (χ3v) is 6.96. The second-order valence-corrected chi connectivity index (χ2v) is 11.4. The number of rotatable bonds is 4. The van der Waals surface area contributed by atoms with Crippen molar-refractivity contribution < 1.29 is 35.3 Å². The molecule has 1 fully saturated rings. The maximum Gasteiger partial charge on any atom is 0.534 e. The van der Waals surface area contributed by atoms with E-state index in [1.165, 1.54) is 12.4 Å². The summed E-state index contributed by atoms with van der Waals surface area (Å²) in [5, 5.41) is 17.7. The zero-order chi connectivity index (χ0) is 28.0. The van der Waals surface area contributed by atoms with E-state index in [-0.39, 0.29) is 28.8 Å². The van der Waals surface area contributed by atoms with Crippen molar-refractivity contribution in [2.24, 2.45) is 0 Å². The number of nitriles is 1. The van der Waals surface area contributed by atoms with E-state index < -0.39 is 27.0 Å². The minimum atomic E-state index is -6.00. The molecule has 0 spiro atoms. The van der Waals surface area contributed by atoms with Crippen LogP contribution >= 0.6 is 0 Å². The molecule has 0 atom stereocenters. The molecular formula is C23H25F3N6O5S. The largest absolute Gasteiger partial charge is 0.534 e. The molecule has 3 aromatic rings. The maximum atomic E-state index is 13.0. The summed E-state index contributed by atoms with van der Waals surface area (Å²) in [5.41, 5.74) is -5.19. The van der Waals surface area contributed by atoms with Gasteiger partial charge < -0.3 is 13.8 Å². The lowest BCUT2D eigenvalue weighted by Gasteiger charge is -2.33. The molecule has 4 heterocycles. The van der Waals surface area contributed by atoms with Gasteiger partial charge in [-0.1, -0.05) is 0 Å². The van der Waals surface area contributed by atoms with Crippen LogP contribution in [-0.2, 0) is 14.9 Å². The number of aromatic nitrogens is 4. The molecule has 3 aromatic heterocycles. The molecular weight excluding hydrogens is 529 g/mol. The Hall–Kier alpha value is -3.80. The van der Waals surface area contributed by atoms with Crippen molar-refractivity contribution in [1.82, 2.24) is 24.3 Å². The van der Waals surface area contributed by atoms with Gasteiger partial charge in [0.1, 0.15) is 22.8 Å². The molecule has 0 bridgehead atoms. The second-order valence-electron chi connectivity index (χ2n) is 9.83. The highest BCUT2D eigenvalue weighted by Crippen LogP contribution is 2.36. The van der Waals surface area contributed by atoms with E-state index in [0.29, 0.717) is 37.2 Å². The molecule has 0 aromatic carbocycles. The highest BCUT2D eigenvalue weighted by Gasteiger charge is 2.49. The zero-order valence-corrected chi connectivity index (χ0v) is 21.8. The molecule has 4 rings (SSSR count). The minimum Gasteiger partial charge on any atom is -0.444 e. The van der Waals surface area contributed by atoms with Crippen LogP contribution in [0.15, 0.2) is 24.7 Å². The van der Waals surface area contributed by atoms with Gasteiger partial charge in [0.2, 0.25) is 0 Å². The van der Waals surface area contributed by atoms with E-state index in [9.17, 15) is 31.6 Å². The van der Waals surface area contributed by atoms with Gasteiger partial charge in [-0.05, 0) is 46.6 Å². The smallest absolute Gasteiger partial charge is 0.444 e. The zero-order valence-electron chi connectivity index (χ0n) is 21.0. The molecule has 15 heteroatoms. The van der Waals surface area contributed by atoms with Gasteiger partial charge in [-0.25, -0.2) is 9.31 Å². The molecule has 1 aliphatic rings. The normalized spacial score (nSPS) is 15.5. The molecule has 204 valence electrons. The minimum absolute atomic E-state index is 0.0533. The van der Waals surface area contributed by atoms with Crippen molar-refractivity contribution in [3.63, 3.8) is 0 Å². The number of pyridine rings is 1. The van der Waals surface area contributed by atoms with Gasteiger partial charge in [-0.2, -0.15) is 37.0 Å². The molecule has 1 aliphatic heterocycles. The van der Waals surface area contributed by atoms with Crippen molar-refractivity contribution >= 4 is 21.7 Å². The molecule has 0 aliphatic carbocycles. The van der Waals surface area contributed by atoms with E-state index in [4.69, 9.17) is 4.74 Å². The van der Waals surface area contributed by atoms with Gasteiger partial charge in [-0.3, -0.25) is 4.68 Å². The first-order chi connectivity index (χ1) is 17.6.